The average Bonchev–Trinajstić information content (AvgIpc) is 3.38. The van der Waals surface area contributed by atoms with E-state index in [4.69, 9.17) is 18.9 Å². The van der Waals surface area contributed by atoms with Crippen molar-refractivity contribution in [2.45, 2.75) is 347 Å². The molecule has 0 saturated carbocycles. The summed E-state index contributed by atoms with van der Waals surface area (Å²) >= 11 is 0. The molecule has 0 saturated heterocycles. The zero-order chi connectivity index (χ0) is 67.5. The summed E-state index contributed by atoms with van der Waals surface area (Å²) in [6.45, 7) is 4.63. The predicted molar refractivity (Wildman–Crippen MR) is 398 cm³/mol. The lowest BCUT2D eigenvalue weighted by molar-refractivity contribution is -0.870. The Labute approximate surface area is 574 Å². The highest BCUT2D eigenvalue weighted by Crippen LogP contribution is 2.18. The number of aliphatic carboxylic acids is 1. The average molecular weight is 1300 g/mol. The van der Waals surface area contributed by atoms with E-state index in [1.54, 1.807) is 0 Å². The van der Waals surface area contributed by atoms with Crippen molar-refractivity contribution < 1.29 is 42.9 Å². The first-order valence-electron chi connectivity index (χ1n) is 38.7. The second-order valence-corrected chi connectivity index (χ2v) is 26.9. The van der Waals surface area contributed by atoms with E-state index in [1.165, 1.54) is 186 Å². The van der Waals surface area contributed by atoms with Crippen LogP contribution in [0.5, 0.6) is 0 Å². The SMILES string of the molecule is CC/C=C\C/C=C\C/C=C\C/C=C\C/C=C\C/C=C\C/C=C\C/C=C\CCCCCCCCC(=O)OC(COC(=O)CCCCCCCCCCCCCCCCCCCCCCCCCCC/C=C\C/C=C\CCCCCCC)COC(OCC[N+](C)(C)C)C(=O)[O-]. The van der Waals surface area contributed by atoms with Gasteiger partial charge in [-0.15, -0.1) is 0 Å². The number of ether oxygens (including phenoxy) is 4. The van der Waals surface area contributed by atoms with Gasteiger partial charge in [-0.25, -0.2) is 0 Å². The number of carboxylic acid groups (broad SMARTS) is 1. The highest BCUT2D eigenvalue weighted by atomic mass is 16.7. The summed E-state index contributed by atoms with van der Waals surface area (Å²) in [5.74, 6) is -2.30. The van der Waals surface area contributed by atoms with Crippen molar-refractivity contribution in [2.75, 3.05) is 47.5 Å². The molecular formula is C84H145NO8. The summed E-state index contributed by atoms with van der Waals surface area (Å²) in [4.78, 5) is 37.6. The lowest BCUT2D eigenvalue weighted by Gasteiger charge is -2.26. The van der Waals surface area contributed by atoms with Crippen molar-refractivity contribution in [1.29, 1.82) is 0 Å². The molecule has 0 aromatic carbocycles. The number of hydrogen-bond acceptors (Lipinski definition) is 8. The third-order valence-electron chi connectivity index (χ3n) is 16.7. The van der Waals surface area contributed by atoms with Crippen LogP contribution in [0.3, 0.4) is 0 Å². The zero-order valence-corrected chi connectivity index (χ0v) is 61.1. The fourth-order valence-corrected chi connectivity index (χ4v) is 10.8. The van der Waals surface area contributed by atoms with Crippen LogP contribution in [0.4, 0.5) is 0 Å². The quantitative estimate of drug-likeness (QED) is 0.0195. The molecule has 0 N–H and O–H groups in total. The van der Waals surface area contributed by atoms with Gasteiger partial charge >= 0.3 is 11.9 Å². The summed E-state index contributed by atoms with van der Waals surface area (Å²) in [6.07, 6.45) is 102. The summed E-state index contributed by atoms with van der Waals surface area (Å²) in [6, 6.07) is 0. The molecule has 0 rings (SSSR count). The summed E-state index contributed by atoms with van der Waals surface area (Å²) < 4.78 is 22.8. The van der Waals surface area contributed by atoms with Gasteiger partial charge < -0.3 is 33.3 Å². The normalized spacial score (nSPS) is 13.3. The standard InChI is InChI=1S/C84H145NO8/c1-6-8-10-12-14-16-18-20-22-24-26-28-30-32-34-36-38-39-40-41-42-43-45-46-48-50-52-54-56-58-60-62-64-66-68-70-72-74-81(86)91-78-80(79-92-84(83(88)89)90-77-76-85(3,4)5)93-82(87)75-73-71-69-67-65-63-61-59-57-55-53-51-49-47-44-37-35-33-31-29-27-25-23-21-19-17-15-13-11-9-7-2/h9,11,15,17-18,20-21,23-24,26-27,29,33,35,44,47,51,53,57,59,80,84H,6-8,10,12-14,16,19,22,25,28,30-32,34,36-43,45-46,48-50,52,54-56,58,60-79H2,1-5H3/b11-9-,17-15-,20-18-,23-21-,26-24-,29-27-,35-33-,47-44-,53-51-,59-57-. The van der Waals surface area contributed by atoms with Gasteiger partial charge in [0.05, 0.1) is 40.3 Å². The molecule has 0 spiro atoms. The zero-order valence-electron chi connectivity index (χ0n) is 61.1. The second kappa shape index (κ2) is 73.5. The molecule has 2 atom stereocenters. The molecule has 0 radical (unpaired) electrons. The van der Waals surface area contributed by atoms with Crippen LogP contribution in [0.2, 0.25) is 0 Å². The van der Waals surface area contributed by atoms with E-state index in [1.807, 2.05) is 21.1 Å². The minimum atomic E-state index is -1.63. The van der Waals surface area contributed by atoms with Gasteiger partial charge in [-0.05, 0) is 109 Å². The highest BCUT2D eigenvalue weighted by molar-refractivity contribution is 5.70. The molecule has 0 aromatic rings. The molecule has 0 aliphatic heterocycles. The van der Waals surface area contributed by atoms with Gasteiger partial charge in [-0.2, -0.15) is 0 Å². The number of unbranched alkanes of at least 4 members (excludes halogenated alkanes) is 36. The van der Waals surface area contributed by atoms with Crippen LogP contribution in [-0.2, 0) is 33.3 Å². The third-order valence-corrected chi connectivity index (χ3v) is 16.7. The van der Waals surface area contributed by atoms with Crippen molar-refractivity contribution in [2.24, 2.45) is 0 Å². The Hall–Kier alpha value is -4.31. The second-order valence-electron chi connectivity index (χ2n) is 26.9. The highest BCUT2D eigenvalue weighted by Gasteiger charge is 2.22. The van der Waals surface area contributed by atoms with Gasteiger partial charge in [-0.1, -0.05) is 334 Å². The molecule has 0 aliphatic rings. The maximum absolute atomic E-state index is 13.0. The Bertz CT molecular complexity index is 1950. The Morgan fingerprint density at radius 3 is 0.914 bits per heavy atom. The number of hydrogen-bond donors (Lipinski definition) is 0. The monoisotopic (exact) mass is 1300 g/mol. The molecule has 0 heterocycles. The fourth-order valence-electron chi connectivity index (χ4n) is 10.8. The van der Waals surface area contributed by atoms with Crippen LogP contribution >= 0.6 is 0 Å². The molecule has 2 unspecified atom stereocenters. The molecule has 0 aliphatic carbocycles. The number of esters is 2. The maximum Gasteiger partial charge on any atom is 0.306 e. The Kier molecular flexibility index (Phi) is 70.1. The van der Waals surface area contributed by atoms with Crippen LogP contribution in [0, 0.1) is 0 Å². The molecule has 0 aromatic heterocycles. The number of quaternary nitrogens is 1. The minimum absolute atomic E-state index is 0.140. The molecule has 0 amide bonds. The third kappa shape index (κ3) is 74.9. The number of carbonyl (C=O) groups is 3. The van der Waals surface area contributed by atoms with Crippen molar-refractivity contribution >= 4 is 17.9 Å². The van der Waals surface area contributed by atoms with Crippen LogP contribution < -0.4 is 5.11 Å². The summed E-state index contributed by atoms with van der Waals surface area (Å²) in [7, 11) is 5.93. The van der Waals surface area contributed by atoms with Gasteiger partial charge in [-0.3, -0.25) is 9.59 Å². The van der Waals surface area contributed by atoms with Gasteiger partial charge in [0.15, 0.2) is 12.4 Å². The van der Waals surface area contributed by atoms with Crippen LogP contribution in [0.1, 0.15) is 335 Å². The van der Waals surface area contributed by atoms with Gasteiger partial charge in [0.25, 0.3) is 0 Å². The van der Waals surface area contributed by atoms with Crippen LogP contribution in [0.15, 0.2) is 122 Å². The number of nitrogens with zero attached hydrogens (tertiary/aromatic N) is 1. The van der Waals surface area contributed by atoms with Crippen LogP contribution in [-0.4, -0.2) is 82.3 Å². The van der Waals surface area contributed by atoms with Gasteiger partial charge in [0, 0.05) is 12.8 Å². The first kappa shape index (κ1) is 88.7. The minimum Gasteiger partial charge on any atom is -0.545 e. The lowest BCUT2D eigenvalue weighted by atomic mass is 10.0. The fraction of sp³-hybridized carbons (Fsp3) is 0.726. The number of rotatable bonds is 71. The van der Waals surface area contributed by atoms with E-state index in [9.17, 15) is 19.5 Å². The molecular weight excluding hydrogens is 1150 g/mol. The van der Waals surface area contributed by atoms with E-state index in [0.29, 0.717) is 17.4 Å². The van der Waals surface area contributed by atoms with Gasteiger partial charge in [0.2, 0.25) is 0 Å². The predicted octanol–water partition coefficient (Wildman–Crippen LogP) is 23.4. The molecule has 9 nitrogen and oxygen atoms in total. The maximum atomic E-state index is 13.0. The topological polar surface area (TPSA) is 111 Å². The first-order valence-corrected chi connectivity index (χ1v) is 38.7. The Balaban J connectivity index is 4.08. The van der Waals surface area contributed by atoms with E-state index in [2.05, 4.69) is 135 Å². The molecule has 9 heteroatoms. The Morgan fingerprint density at radius 2 is 0.613 bits per heavy atom. The van der Waals surface area contributed by atoms with Crippen LogP contribution in [0.25, 0.3) is 0 Å². The van der Waals surface area contributed by atoms with Gasteiger partial charge in [0.1, 0.15) is 13.2 Å². The Morgan fingerprint density at radius 1 is 0.333 bits per heavy atom. The van der Waals surface area contributed by atoms with E-state index >= 15 is 0 Å². The van der Waals surface area contributed by atoms with Crippen molar-refractivity contribution in [3.63, 3.8) is 0 Å². The molecule has 0 bridgehead atoms. The van der Waals surface area contributed by atoms with Crippen molar-refractivity contribution in [3.8, 4) is 0 Å². The van der Waals surface area contributed by atoms with E-state index < -0.39 is 24.3 Å². The molecule has 93 heavy (non-hydrogen) atoms. The molecule has 0 fully saturated rings. The summed E-state index contributed by atoms with van der Waals surface area (Å²) in [5, 5.41) is 11.8. The lowest BCUT2D eigenvalue weighted by Crippen LogP contribution is -2.44. The first-order chi connectivity index (χ1) is 45.6. The number of allylic oxidation sites excluding steroid dienone is 20. The van der Waals surface area contributed by atoms with E-state index in [-0.39, 0.29) is 38.6 Å². The van der Waals surface area contributed by atoms with Crippen molar-refractivity contribution in [1.82, 2.24) is 0 Å². The largest absolute Gasteiger partial charge is 0.545 e. The number of carbonyl (C=O) groups excluding carboxylic acids is 3. The molecule has 534 valence electrons. The van der Waals surface area contributed by atoms with Crippen molar-refractivity contribution in [3.05, 3.63) is 122 Å². The van der Waals surface area contributed by atoms with E-state index in [0.717, 1.165) is 116 Å². The smallest absolute Gasteiger partial charge is 0.306 e. The number of carboxylic acids is 1. The summed E-state index contributed by atoms with van der Waals surface area (Å²) in [5.41, 5.74) is 0. The number of likely N-dealkylation sites (N-methyl/N-ethyl adjacent to an activating group) is 1.